The molecular weight excluding hydrogens is 486 g/mol. The van der Waals surface area contributed by atoms with E-state index in [0.717, 1.165) is 15.7 Å². The molecule has 0 saturated carbocycles. The molecule has 150 valence electrons. The SMILES string of the molecule is Cc1cc(Br)ccc1N1C(=O)/C(=C\c2cccn2-c2ccc(Cl)cc2)C(=O)NC1=S. The van der Waals surface area contributed by atoms with Crippen molar-refractivity contribution in [2.45, 2.75) is 6.92 Å². The molecule has 5 nitrogen and oxygen atoms in total. The van der Waals surface area contributed by atoms with Crippen LogP contribution in [0.3, 0.4) is 0 Å². The molecule has 1 fully saturated rings. The summed E-state index contributed by atoms with van der Waals surface area (Å²) in [5, 5.41) is 3.30. The third kappa shape index (κ3) is 3.84. The Morgan fingerprint density at radius 1 is 1.10 bits per heavy atom. The molecule has 0 spiro atoms. The first-order valence-corrected chi connectivity index (χ1v) is 10.5. The highest BCUT2D eigenvalue weighted by molar-refractivity contribution is 9.10. The maximum atomic E-state index is 13.3. The van der Waals surface area contributed by atoms with Crippen LogP contribution in [-0.2, 0) is 9.59 Å². The predicted molar refractivity (Wildman–Crippen MR) is 126 cm³/mol. The van der Waals surface area contributed by atoms with E-state index in [2.05, 4.69) is 21.2 Å². The molecule has 1 aliphatic rings. The van der Waals surface area contributed by atoms with Crippen LogP contribution in [0.25, 0.3) is 11.8 Å². The molecule has 1 N–H and O–H groups in total. The summed E-state index contributed by atoms with van der Waals surface area (Å²) in [6.07, 6.45) is 3.41. The summed E-state index contributed by atoms with van der Waals surface area (Å²) in [5.74, 6) is -1.00. The Kier molecular flexibility index (Phi) is 5.60. The van der Waals surface area contributed by atoms with Gasteiger partial charge in [-0.15, -0.1) is 0 Å². The zero-order valence-corrected chi connectivity index (χ0v) is 18.9. The first-order valence-electron chi connectivity index (χ1n) is 8.96. The van der Waals surface area contributed by atoms with E-state index in [9.17, 15) is 9.59 Å². The molecule has 4 rings (SSSR count). The van der Waals surface area contributed by atoms with Crippen LogP contribution >= 0.6 is 39.7 Å². The van der Waals surface area contributed by atoms with Gasteiger partial charge < -0.3 is 4.57 Å². The van der Waals surface area contributed by atoms with Crippen LogP contribution in [0.1, 0.15) is 11.3 Å². The third-order valence-electron chi connectivity index (χ3n) is 4.68. The van der Waals surface area contributed by atoms with Crippen LogP contribution in [0, 0.1) is 6.92 Å². The van der Waals surface area contributed by atoms with Gasteiger partial charge in [-0.25, -0.2) is 0 Å². The molecule has 2 amide bonds. The lowest BCUT2D eigenvalue weighted by molar-refractivity contribution is -0.122. The molecular formula is C22H15BrClN3O2S. The number of halogens is 2. The van der Waals surface area contributed by atoms with Crippen molar-refractivity contribution in [3.05, 3.63) is 87.1 Å². The number of hydrogen-bond acceptors (Lipinski definition) is 3. The Morgan fingerprint density at radius 2 is 1.83 bits per heavy atom. The summed E-state index contributed by atoms with van der Waals surface area (Å²) < 4.78 is 2.76. The van der Waals surface area contributed by atoms with E-state index in [4.69, 9.17) is 23.8 Å². The van der Waals surface area contributed by atoms with Crippen molar-refractivity contribution in [3.8, 4) is 5.69 Å². The number of benzene rings is 2. The fourth-order valence-electron chi connectivity index (χ4n) is 3.24. The zero-order valence-electron chi connectivity index (χ0n) is 15.7. The lowest BCUT2D eigenvalue weighted by atomic mass is 10.1. The standard InChI is InChI=1S/C22H15BrClN3O2S/c1-13-11-14(23)4-9-19(13)27-21(29)18(20(28)25-22(27)30)12-17-3-2-10-26(17)16-7-5-15(24)6-8-16/h2-12H,1H3,(H,25,28,30)/b18-12-. The van der Waals surface area contributed by atoms with Gasteiger partial charge in [0, 0.05) is 27.1 Å². The summed E-state index contributed by atoms with van der Waals surface area (Å²) in [7, 11) is 0. The zero-order chi connectivity index (χ0) is 21.4. The molecule has 2 aromatic carbocycles. The second-order valence-electron chi connectivity index (χ2n) is 6.67. The number of carbonyl (C=O) groups excluding carboxylic acids is 2. The second kappa shape index (κ2) is 8.18. The number of anilines is 1. The lowest BCUT2D eigenvalue weighted by Gasteiger charge is -2.30. The van der Waals surface area contributed by atoms with Gasteiger partial charge in [-0.2, -0.15) is 0 Å². The molecule has 1 aliphatic heterocycles. The molecule has 0 aliphatic carbocycles. The topological polar surface area (TPSA) is 54.3 Å². The Balaban J connectivity index is 1.76. The van der Waals surface area contributed by atoms with E-state index in [-0.39, 0.29) is 10.7 Å². The van der Waals surface area contributed by atoms with Gasteiger partial charge in [-0.1, -0.05) is 27.5 Å². The number of nitrogens with zero attached hydrogens (tertiary/aromatic N) is 2. The maximum Gasteiger partial charge on any atom is 0.270 e. The highest BCUT2D eigenvalue weighted by Gasteiger charge is 2.35. The normalized spacial score (nSPS) is 15.6. The van der Waals surface area contributed by atoms with Gasteiger partial charge in [0.05, 0.1) is 5.69 Å². The van der Waals surface area contributed by atoms with E-state index in [1.54, 1.807) is 24.3 Å². The number of carbonyl (C=O) groups is 2. The van der Waals surface area contributed by atoms with E-state index < -0.39 is 11.8 Å². The number of thiocarbonyl (C=S) groups is 1. The van der Waals surface area contributed by atoms with Crippen molar-refractivity contribution >= 4 is 68.4 Å². The Bertz CT molecular complexity index is 1220. The number of rotatable bonds is 3. The van der Waals surface area contributed by atoms with Crippen molar-refractivity contribution in [2.24, 2.45) is 0 Å². The molecule has 30 heavy (non-hydrogen) atoms. The Labute approximate surface area is 192 Å². The van der Waals surface area contributed by atoms with E-state index in [1.807, 2.05) is 54.1 Å². The molecule has 1 aromatic heterocycles. The quantitative estimate of drug-likeness (QED) is 0.312. The first-order chi connectivity index (χ1) is 14.3. The molecule has 0 bridgehead atoms. The minimum Gasteiger partial charge on any atom is -0.317 e. The van der Waals surface area contributed by atoms with Gasteiger partial charge in [0.15, 0.2) is 5.11 Å². The van der Waals surface area contributed by atoms with E-state index in [1.165, 1.54) is 4.90 Å². The third-order valence-corrected chi connectivity index (χ3v) is 5.71. The molecule has 1 saturated heterocycles. The molecule has 3 aromatic rings. The van der Waals surface area contributed by atoms with Crippen LogP contribution in [-0.4, -0.2) is 21.5 Å². The minimum absolute atomic E-state index is 0.000155. The van der Waals surface area contributed by atoms with Crippen LogP contribution in [0.4, 0.5) is 5.69 Å². The average Bonchev–Trinajstić information content (AvgIpc) is 3.15. The van der Waals surface area contributed by atoms with Crippen molar-refractivity contribution in [3.63, 3.8) is 0 Å². The van der Waals surface area contributed by atoms with Crippen molar-refractivity contribution < 1.29 is 9.59 Å². The number of aryl methyl sites for hydroxylation is 1. The largest absolute Gasteiger partial charge is 0.317 e. The van der Waals surface area contributed by atoms with Crippen molar-refractivity contribution in [1.29, 1.82) is 0 Å². The van der Waals surface area contributed by atoms with Crippen LogP contribution in [0.15, 0.2) is 70.8 Å². The summed E-state index contributed by atoms with van der Waals surface area (Å²) in [5.41, 5.74) is 3.00. The molecule has 0 radical (unpaired) electrons. The van der Waals surface area contributed by atoms with Crippen molar-refractivity contribution in [2.75, 3.05) is 4.90 Å². The summed E-state index contributed by atoms with van der Waals surface area (Å²) >= 11 is 14.7. The number of amides is 2. The summed E-state index contributed by atoms with van der Waals surface area (Å²) in [6.45, 7) is 1.88. The smallest absolute Gasteiger partial charge is 0.270 e. The minimum atomic E-state index is -0.528. The maximum absolute atomic E-state index is 13.3. The van der Waals surface area contributed by atoms with Gasteiger partial charge in [0.1, 0.15) is 5.57 Å². The Morgan fingerprint density at radius 3 is 2.53 bits per heavy atom. The van der Waals surface area contributed by atoms with Gasteiger partial charge in [-0.05, 0) is 85.4 Å². The highest BCUT2D eigenvalue weighted by Crippen LogP contribution is 2.28. The fourth-order valence-corrected chi connectivity index (χ4v) is 4.12. The van der Waals surface area contributed by atoms with E-state index in [0.29, 0.717) is 16.4 Å². The van der Waals surface area contributed by atoms with Crippen LogP contribution in [0.2, 0.25) is 5.02 Å². The fraction of sp³-hybridized carbons (Fsp3) is 0.0455. The summed E-state index contributed by atoms with van der Waals surface area (Å²) in [4.78, 5) is 27.2. The van der Waals surface area contributed by atoms with Gasteiger partial charge >= 0.3 is 0 Å². The molecule has 0 atom stereocenters. The van der Waals surface area contributed by atoms with Gasteiger partial charge in [-0.3, -0.25) is 19.8 Å². The predicted octanol–water partition coefficient (Wildman–Crippen LogP) is 5.03. The Hall–Kier alpha value is -2.74. The number of aromatic nitrogens is 1. The molecule has 0 unspecified atom stereocenters. The van der Waals surface area contributed by atoms with E-state index >= 15 is 0 Å². The van der Waals surface area contributed by atoms with Crippen LogP contribution in [0.5, 0.6) is 0 Å². The highest BCUT2D eigenvalue weighted by atomic mass is 79.9. The number of nitrogens with one attached hydrogen (secondary N) is 1. The lowest BCUT2D eigenvalue weighted by Crippen LogP contribution is -2.54. The monoisotopic (exact) mass is 499 g/mol. The number of hydrogen-bond donors (Lipinski definition) is 1. The molecule has 2 heterocycles. The first kappa shape index (κ1) is 20.5. The average molecular weight is 501 g/mol. The van der Waals surface area contributed by atoms with Gasteiger partial charge in [0.2, 0.25) is 0 Å². The van der Waals surface area contributed by atoms with Gasteiger partial charge in [0.25, 0.3) is 11.8 Å². The second-order valence-corrected chi connectivity index (χ2v) is 8.41. The van der Waals surface area contributed by atoms with Crippen molar-refractivity contribution in [1.82, 2.24) is 9.88 Å². The van der Waals surface area contributed by atoms with Crippen LogP contribution < -0.4 is 10.2 Å². The molecule has 8 heteroatoms. The summed E-state index contributed by atoms with van der Waals surface area (Å²) in [6, 6.07) is 16.4.